The van der Waals surface area contributed by atoms with Crippen molar-refractivity contribution >= 4 is 29.4 Å². The maximum absolute atomic E-state index is 11.8. The molecule has 2 amide bonds. The molecule has 1 aromatic carbocycles. The average Bonchev–Trinajstić information content (AvgIpc) is 2.40. The molecular weight excluding hydrogens is 264 g/mol. The molecule has 0 aliphatic carbocycles. The third kappa shape index (κ3) is 4.17. The van der Waals surface area contributed by atoms with Gasteiger partial charge in [0.05, 0.1) is 5.56 Å². The Hall–Kier alpha value is -1.69. The molecule has 5 nitrogen and oxygen atoms in total. The fraction of sp³-hybridized carbons (Fsp3) is 0.385. The summed E-state index contributed by atoms with van der Waals surface area (Å²) in [5.74, 6) is 1.14. The van der Waals surface area contributed by atoms with Crippen molar-refractivity contribution in [1.82, 2.24) is 5.32 Å². The second-order valence-electron chi connectivity index (χ2n) is 4.40. The largest absolute Gasteiger partial charge is 0.478 e. The summed E-state index contributed by atoms with van der Waals surface area (Å²) in [7, 11) is 0. The van der Waals surface area contributed by atoms with Gasteiger partial charge in [-0.25, -0.2) is 9.59 Å². The number of hydrogen-bond acceptors (Lipinski definition) is 3. The number of carboxylic acids is 1. The summed E-state index contributed by atoms with van der Waals surface area (Å²) in [6, 6.07) is 6.08. The van der Waals surface area contributed by atoms with Crippen LogP contribution in [0.25, 0.3) is 0 Å². The molecule has 2 rings (SSSR count). The Morgan fingerprint density at radius 2 is 2.00 bits per heavy atom. The molecule has 1 aliphatic rings. The smallest absolute Gasteiger partial charge is 0.335 e. The molecule has 0 aromatic heterocycles. The number of carbonyl (C=O) groups excluding carboxylic acids is 1. The first-order valence-electron chi connectivity index (χ1n) is 6.14. The third-order valence-electron chi connectivity index (χ3n) is 2.89. The van der Waals surface area contributed by atoms with Crippen molar-refractivity contribution in [3.8, 4) is 0 Å². The van der Waals surface area contributed by atoms with E-state index >= 15 is 0 Å². The lowest BCUT2D eigenvalue weighted by Crippen LogP contribution is -2.40. The van der Waals surface area contributed by atoms with Crippen molar-refractivity contribution in [2.45, 2.75) is 18.9 Å². The molecule has 1 atom stereocenters. The Labute approximate surface area is 115 Å². The van der Waals surface area contributed by atoms with Crippen molar-refractivity contribution in [3.05, 3.63) is 29.8 Å². The molecule has 1 fully saturated rings. The quantitative estimate of drug-likeness (QED) is 0.794. The van der Waals surface area contributed by atoms with Crippen LogP contribution in [0.5, 0.6) is 0 Å². The highest BCUT2D eigenvalue weighted by Gasteiger charge is 2.15. The highest BCUT2D eigenvalue weighted by molar-refractivity contribution is 7.99. The van der Waals surface area contributed by atoms with Gasteiger partial charge in [0.25, 0.3) is 0 Å². The molecule has 3 N–H and O–H groups in total. The number of benzene rings is 1. The van der Waals surface area contributed by atoms with E-state index in [0.29, 0.717) is 5.69 Å². The third-order valence-corrected chi connectivity index (χ3v) is 4.10. The summed E-state index contributed by atoms with van der Waals surface area (Å²) in [5, 5.41) is 14.4. The zero-order valence-corrected chi connectivity index (χ0v) is 11.2. The van der Waals surface area contributed by atoms with Crippen molar-refractivity contribution < 1.29 is 14.7 Å². The van der Waals surface area contributed by atoms with Crippen LogP contribution in [0, 0.1) is 0 Å². The average molecular weight is 280 g/mol. The van der Waals surface area contributed by atoms with E-state index in [0.717, 1.165) is 24.3 Å². The lowest BCUT2D eigenvalue weighted by Gasteiger charge is -2.22. The second kappa shape index (κ2) is 6.47. The van der Waals surface area contributed by atoms with Crippen LogP contribution in [0.3, 0.4) is 0 Å². The Morgan fingerprint density at radius 3 is 2.58 bits per heavy atom. The zero-order valence-electron chi connectivity index (χ0n) is 10.4. The summed E-state index contributed by atoms with van der Waals surface area (Å²) in [6.07, 6.45) is 2.14. The highest BCUT2D eigenvalue weighted by Crippen LogP contribution is 2.17. The van der Waals surface area contributed by atoms with Crippen molar-refractivity contribution in [2.75, 3.05) is 16.8 Å². The fourth-order valence-electron chi connectivity index (χ4n) is 1.90. The minimum atomic E-state index is -0.977. The molecule has 1 unspecified atom stereocenters. The number of carboxylic acid groups (broad SMARTS) is 1. The predicted molar refractivity (Wildman–Crippen MR) is 75.9 cm³/mol. The topological polar surface area (TPSA) is 78.4 Å². The molecule has 0 saturated carbocycles. The first-order valence-corrected chi connectivity index (χ1v) is 7.29. The summed E-state index contributed by atoms with van der Waals surface area (Å²) in [6.45, 7) is 0. The number of thioether (sulfide) groups is 1. The number of rotatable bonds is 3. The maximum Gasteiger partial charge on any atom is 0.335 e. The molecule has 1 heterocycles. The summed E-state index contributed by atoms with van der Waals surface area (Å²) in [5.41, 5.74) is 0.792. The maximum atomic E-state index is 11.8. The second-order valence-corrected chi connectivity index (χ2v) is 5.54. The number of urea groups is 1. The first kappa shape index (κ1) is 13.7. The van der Waals surface area contributed by atoms with Gasteiger partial charge in [-0.1, -0.05) is 0 Å². The number of nitrogens with one attached hydrogen (secondary N) is 2. The lowest BCUT2D eigenvalue weighted by molar-refractivity contribution is 0.0697. The van der Waals surface area contributed by atoms with Crippen LogP contribution in [0.4, 0.5) is 10.5 Å². The van der Waals surface area contributed by atoms with E-state index in [1.165, 1.54) is 12.1 Å². The normalized spacial score (nSPS) is 18.6. The van der Waals surface area contributed by atoms with Crippen LogP contribution < -0.4 is 10.6 Å². The fourth-order valence-corrected chi connectivity index (χ4v) is 2.98. The van der Waals surface area contributed by atoms with E-state index in [2.05, 4.69) is 10.6 Å². The van der Waals surface area contributed by atoms with Gasteiger partial charge in [-0.3, -0.25) is 0 Å². The Balaban J connectivity index is 1.85. The van der Waals surface area contributed by atoms with Crippen LogP contribution in [-0.4, -0.2) is 34.7 Å². The number of hydrogen-bond donors (Lipinski definition) is 3. The van der Waals surface area contributed by atoms with Gasteiger partial charge < -0.3 is 15.7 Å². The van der Waals surface area contributed by atoms with Gasteiger partial charge in [0, 0.05) is 17.5 Å². The van der Waals surface area contributed by atoms with Gasteiger partial charge in [0.15, 0.2) is 0 Å². The number of aromatic carboxylic acids is 1. The van der Waals surface area contributed by atoms with Crippen LogP contribution >= 0.6 is 11.8 Å². The Kier molecular flexibility index (Phi) is 4.68. The van der Waals surface area contributed by atoms with Gasteiger partial charge >= 0.3 is 12.0 Å². The van der Waals surface area contributed by atoms with E-state index in [1.54, 1.807) is 12.1 Å². The van der Waals surface area contributed by atoms with Crippen LogP contribution in [0.2, 0.25) is 0 Å². The van der Waals surface area contributed by atoms with Gasteiger partial charge in [-0.2, -0.15) is 11.8 Å². The van der Waals surface area contributed by atoms with Crippen LogP contribution in [0.15, 0.2) is 24.3 Å². The summed E-state index contributed by atoms with van der Waals surface area (Å²) >= 11 is 1.85. The van der Waals surface area contributed by atoms with Crippen molar-refractivity contribution in [2.24, 2.45) is 0 Å². The lowest BCUT2D eigenvalue weighted by atomic mass is 10.2. The standard InChI is InChI=1S/C13H16N2O3S/c16-12(17)9-3-5-10(6-4-9)14-13(18)15-11-2-1-7-19-8-11/h3-6,11H,1-2,7-8H2,(H,16,17)(H2,14,15,18). The zero-order chi connectivity index (χ0) is 13.7. The number of amides is 2. The highest BCUT2D eigenvalue weighted by atomic mass is 32.2. The molecule has 1 aromatic rings. The minimum Gasteiger partial charge on any atom is -0.478 e. The monoisotopic (exact) mass is 280 g/mol. The van der Waals surface area contributed by atoms with Crippen LogP contribution in [-0.2, 0) is 0 Å². The van der Waals surface area contributed by atoms with Crippen LogP contribution in [0.1, 0.15) is 23.2 Å². The van der Waals surface area contributed by atoms with Gasteiger partial charge in [-0.15, -0.1) is 0 Å². The molecule has 102 valence electrons. The Bertz CT molecular complexity index is 455. The molecule has 0 bridgehead atoms. The van der Waals surface area contributed by atoms with Gasteiger partial charge in [0.2, 0.25) is 0 Å². The number of anilines is 1. The van der Waals surface area contributed by atoms with E-state index in [9.17, 15) is 9.59 Å². The Morgan fingerprint density at radius 1 is 1.26 bits per heavy atom. The molecule has 19 heavy (non-hydrogen) atoms. The molecular formula is C13H16N2O3S. The van der Waals surface area contributed by atoms with E-state index in [-0.39, 0.29) is 17.6 Å². The molecule has 0 radical (unpaired) electrons. The van der Waals surface area contributed by atoms with Crippen molar-refractivity contribution in [3.63, 3.8) is 0 Å². The van der Waals surface area contributed by atoms with Gasteiger partial charge in [-0.05, 0) is 42.9 Å². The van der Waals surface area contributed by atoms with E-state index in [1.807, 2.05) is 11.8 Å². The minimum absolute atomic E-state index is 0.203. The predicted octanol–water partition coefficient (Wildman–Crippen LogP) is 2.40. The summed E-state index contributed by atoms with van der Waals surface area (Å²) < 4.78 is 0. The first-order chi connectivity index (χ1) is 9.15. The number of carbonyl (C=O) groups is 2. The van der Waals surface area contributed by atoms with Crippen molar-refractivity contribution in [1.29, 1.82) is 0 Å². The van der Waals surface area contributed by atoms with E-state index in [4.69, 9.17) is 5.11 Å². The molecule has 6 heteroatoms. The molecule has 0 spiro atoms. The molecule has 1 saturated heterocycles. The SMILES string of the molecule is O=C(Nc1ccc(C(=O)O)cc1)NC1CCCSC1. The van der Waals surface area contributed by atoms with E-state index < -0.39 is 5.97 Å². The molecule has 1 aliphatic heterocycles. The van der Waals surface area contributed by atoms with Gasteiger partial charge in [0.1, 0.15) is 0 Å². The summed E-state index contributed by atoms with van der Waals surface area (Å²) in [4.78, 5) is 22.4.